The molecule has 160 valence electrons. The smallest absolute Gasteiger partial charge is 0.264 e. The van der Waals surface area contributed by atoms with E-state index in [1.807, 2.05) is 0 Å². The van der Waals surface area contributed by atoms with Gasteiger partial charge in [0.25, 0.3) is 11.8 Å². The van der Waals surface area contributed by atoms with Crippen LogP contribution in [-0.4, -0.2) is 67.3 Å². The number of nitrogens with zero attached hydrogens (tertiary/aromatic N) is 1. The molecule has 0 radical (unpaired) electrons. The highest BCUT2D eigenvalue weighted by molar-refractivity contribution is 6.25. The molecule has 5 amide bonds. The second-order valence-electron chi connectivity index (χ2n) is 7.09. The SMILES string of the molecule is COCC(=O)NCCCCNc1cccc2c1C(=O)N(C1CCC(=O)NC1=O)C2=O. The van der Waals surface area contributed by atoms with Crippen molar-refractivity contribution in [1.29, 1.82) is 0 Å². The second-order valence-corrected chi connectivity index (χ2v) is 7.09. The van der Waals surface area contributed by atoms with Gasteiger partial charge in [0.1, 0.15) is 12.6 Å². The number of piperidine rings is 1. The molecule has 0 aliphatic carbocycles. The van der Waals surface area contributed by atoms with Gasteiger partial charge in [-0.2, -0.15) is 0 Å². The van der Waals surface area contributed by atoms with Crippen molar-refractivity contribution in [2.75, 3.05) is 32.1 Å². The summed E-state index contributed by atoms with van der Waals surface area (Å²) in [7, 11) is 1.45. The Labute approximate surface area is 173 Å². The van der Waals surface area contributed by atoms with Crippen molar-refractivity contribution in [3.05, 3.63) is 29.3 Å². The zero-order valence-corrected chi connectivity index (χ0v) is 16.7. The molecule has 0 saturated carbocycles. The molecule has 1 unspecified atom stereocenters. The molecule has 3 rings (SSSR count). The van der Waals surface area contributed by atoms with Gasteiger partial charge in [-0.05, 0) is 31.4 Å². The molecule has 0 aromatic heterocycles. The largest absolute Gasteiger partial charge is 0.384 e. The normalized spacial score (nSPS) is 18.3. The van der Waals surface area contributed by atoms with Gasteiger partial charge < -0.3 is 15.4 Å². The number of nitrogens with one attached hydrogen (secondary N) is 3. The molecule has 1 saturated heterocycles. The van der Waals surface area contributed by atoms with E-state index in [0.717, 1.165) is 17.7 Å². The Morgan fingerprint density at radius 3 is 2.67 bits per heavy atom. The fourth-order valence-corrected chi connectivity index (χ4v) is 3.55. The minimum Gasteiger partial charge on any atom is -0.384 e. The fourth-order valence-electron chi connectivity index (χ4n) is 3.55. The van der Waals surface area contributed by atoms with Crippen LogP contribution in [0.5, 0.6) is 0 Å². The van der Waals surface area contributed by atoms with Crippen molar-refractivity contribution < 1.29 is 28.7 Å². The van der Waals surface area contributed by atoms with Crippen LogP contribution in [0.2, 0.25) is 0 Å². The van der Waals surface area contributed by atoms with Gasteiger partial charge in [0.15, 0.2) is 0 Å². The first-order valence-electron chi connectivity index (χ1n) is 9.78. The second kappa shape index (κ2) is 9.49. The molecular weight excluding hydrogens is 392 g/mol. The first-order valence-corrected chi connectivity index (χ1v) is 9.78. The number of unbranched alkanes of at least 4 members (excludes halogenated alkanes) is 1. The summed E-state index contributed by atoms with van der Waals surface area (Å²) in [5.74, 6) is -2.29. The number of carbonyl (C=O) groups is 5. The lowest BCUT2D eigenvalue weighted by Gasteiger charge is -2.27. The average Bonchev–Trinajstić information content (AvgIpc) is 2.96. The van der Waals surface area contributed by atoms with Crippen LogP contribution in [0.3, 0.4) is 0 Å². The maximum atomic E-state index is 13.0. The van der Waals surface area contributed by atoms with Gasteiger partial charge in [-0.3, -0.25) is 34.2 Å². The highest BCUT2D eigenvalue weighted by atomic mass is 16.5. The van der Waals surface area contributed by atoms with Crippen LogP contribution < -0.4 is 16.0 Å². The summed E-state index contributed by atoms with van der Waals surface area (Å²) >= 11 is 0. The van der Waals surface area contributed by atoms with Crippen molar-refractivity contribution in [2.45, 2.75) is 31.7 Å². The third-order valence-electron chi connectivity index (χ3n) is 4.98. The van der Waals surface area contributed by atoms with Crippen molar-refractivity contribution in [3.63, 3.8) is 0 Å². The molecule has 1 aromatic carbocycles. The molecule has 2 heterocycles. The Hall–Kier alpha value is -3.27. The Balaban J connectivity index is 1.60. The summed E-state index contributed by atoms with van der Waals surface area (Å²) in [6, 6.07) is 3.94. The molecule has 2 aliphatic heterocycles. The minimum absolute atomic E-state index is 0.0220. The van der Waals surface area contributed by atoms with E-state index in [4.69, 9.17) is 4.74 Å². The van der Waals surface area contributed by atoms with E-state index in [1.54, 1.807) is 18.2 Å². The number of hydrogen-bond donors (Lipinski definition) is 3. The summed E-state index contributed by atoms with van der Waals surface area (Å²) < 4.78 is 4.74. The molecule has 3 N–H and O–H groups in total. The van der Waals surface area contributed by atoms with E-state index >= 15 is 0 Å². The molecule has 30 heavy (non-hydrogen) atoms. The van der Waals surface area contributed by atoms with Crippen LogP contribution in [0.15, 0.2) is 18.2 Å². The summed E-state index contributed by atoms with van der Waals surface area (Å²) in [6.07, 6.45) is 1.66. The molecule has 1 atom stereocenters. The maximum Gasteiger partial charge on any atom is 0.264 e. The summed E-state index contributed by atoms with van der Waals surface area (Å²) in [5, 5.41) is 8.07. The number of methoxy groups -OCH3 is 1. The van der Waals surface area contributed by atoms with Crippen LogP contribution in [0.1, 0.15) is 46.4 Å². The molecule has 1 aromatic rings. The number of imide groups is 2. The molecule has 10 nitrogen and oxygen atoms in total. The fraction of sp³-hybridized carbons (Fsp3) is 0.450. The number of rotatable bonds is 9. The summed E-state index contributed by atoms with van der Waals surface area (Å²) in [6.45, 7) is 1.07. The molecule has 2 aliphatic rings. The van der Waals surface area contributed by atoms with Crippen LogP contribution >= 0.6 is 0 Å². The first kappa shape index (κ1) is 21.4. The van der Waals surface area contributed by atoms with E-state index < -0.39 is 29.7 Å². The highest BCUT2D eigenvalue weighted by Crippen LogP contribution is 2.32. The van der Waals surface area contributed by atoms with Gasteiger partial charge in [0.2, 0.25) is 17.7 Å². The van der Waals surface area contributed by atoms with E-state index in [-0.39, 0.29) is 36.5 Å². The summed E-state index contributed by atoms with van der Waals surface area (Å²) in [5.41, 5.74) is 0.992. The van der Waals surface area contributed by atoms with Crippen molar-refractivity contribution in [1.82, 2.24) is 15.5 Å². The lowest BCUT2D eigenvalue weighted by molar-refractivity contribution is -0.136. The molecule has 0 spiro atoms. The Morgan fingerprint density at radius 1 is 1.17 bits per heavy atom. The van der Waals surface area contributed by atoms with Gasteiger partial charge in [0, 0.05) is 32.3 Å². The minimum atomic E-state index is -0.987. The molecular formula is C20H24N4O6. The third kappa shape index (κ3) is 4.48. The number of anilines is 1. The van der Waals surface area contributed by atoms with Gasteiger partial charge in [-0.15, -0.1) is 0 Å². The van der Waals surface area contributed by atoms with Crippen molar-refractivity contribution in [2.24, 2.45) is 0 Å². The van der Waals surface area contributed by atoms with Crippen LogP contribution in [0.4, 0.5) is 5.69 Å². The number of benzene rings is 1. The third-order valence-corrected chi connectivity index (χ3v) is 4.98. The number of hydrogen-bond acceptors (Lipinski definition) is 7. The number of ether oxygens (including phenoxy) is 1. The maximum absolute atomic E-state index is 13.0. The monoisotopic (exact) mass is 416 g/mol. The molecule has 10 heteroatoms. The van der Waals surface area contributed by atoms with E-state index in [0.29, 0.717) is 18.8 Å². The van der Waals surface area contributed by atoms with Gasteiger partial charge in [-0.1, -0.05) is 6.07 Å². The predicted molar refractivity (Wildman–Crippen MR) is 106 cm³/mol. The van der Waals surface area contributed by atoms with Crippen LogP contribution in [-0.2, 0) is 19.1 Å². The Kier molecular flexibility index (Phi) is 6.78. The van der Waals surface area contributed by atoms with Crippen LogP contribution in [0, 0.1) is 0 Å². The van der Waals surface area contributed by atoms with Crippen molar-refractivity contribution in [3.8, 4) is 0 Å². The predicted octanol–water partition coefficient (Wildman–Crippen LogP) is 0.0425. The van der Waals surface area contributed by atoms with Crippen LogP contribution in [0.25, 0.3) is 0 Å². The van der Waals surface area contributed by atoms with Gasteiger partial charge in [-0.25, -0.2) is 0 Å². The topological polar surface area (TPSA) is 134 Å². The van der Waals surface area contributed by atoms with E-state index in [1.165, 1.54) is 7.11 Å². The summed E-state index contributed by atoms with van der Waals surface area (Å²) in [4.78, 5) is 61.5. The van der Waals surface area contributed by atoms with Gasteiger partial charge >= 0.3 is 0 Å². The number of carbonyl (C=O) groups excluding carboxylic acids is 5. The standard InChI is InChI=1S/C20H24N4O6/c1-30-11-16(26)22-10-3-2-9-21-13-6-4-5-12-17(13)20(29)24(19(12)28)14-7-8-15(25)23-18(14)27/h4-6,14,21H,2-3,7-11H2,1H3,(H,22,26)(H,23,25,27). The number of fused-ring (bicyclic) bond motifs is 1. The molecule has 1 fully saturated rings. The van der Waals surface area contributed by atoms with Gasteiger partial charge in [0.05, 0.1) is 11.1 Å². The van der Waals surface area contributed by atoms with Crippen molar-refractivity contribution >= 4 is 35.2 Å². The Morgan fingerprint density at radius 2 is 1.93 bits per heavy atom. The Bertz CT molecular complexity index is 884. The average molecular weight is 416 g/mol. The van der Waals surface area contributed by atoms with E-state index in [2.05, 4.69) is 16.0 Å². The highest BCUT2D eigenvalue weighted by Gasteiger charge is 2.45. The quantitative estimate of drug-likeness (QED) is 0.382. The zero-order valence-electron chi connectivity index (χ0n) is 16.7. The number of amides is 5. The lowest BCUT2D eigenvalue weighted by Crippen LogP contribution is -2.54. The molecule has 0 bridgehead atoms. The first-order chi connectivity index (χ1) is 14.4. The van der Waals surface area contributed by atoms with E-state index in [9.17, 15) is 24.0 Å². The zero-order chi connectivity index (χ0) is 21.7. The lowest BCUT2D eigenvalue weighted by atomic mass is 10.0.